The van der Waals surface area contributed by atoms with E-state index in [9.17, 15) is 0 Å². The van der Waals surface area contributed by atoms with Crippen LogP contribution in [0.4, 0.5) is 5.69 Å². The average molecular weight is 324 g/mol. The first kappa shape index (κ1) is 15.6. The number of anilines is 1. The van der Waals surface area contributed by atoms with Crippen molar-refractivity contribution in [2.75, 3.05) is 12.3 Å². The highest BCUT2D eigenvalue weighted by molar-refractivity contribution is 7.10. The molecule has 0 amide bonds. The maximum atomic E-state index is 6.07. The molecule has 118 valence electrons. The summed E-state index contributed by atoms with van der Waals surface area (Å²) >= 11 is 1.68. The second-order valence-electron chi connectivity index (χ2n) is 5.39. The van der Waals surface area contributed by atoms with E-state index in [2.05, 4.69) is 30.5 Å². The van der Waals surface area contributed by atoms with Gasteiger partial charge >= 0.3 is 0 Å². The number of nitrogen functional groups attached to an aromatic ring is 1. The van der Waals surface area contributed by atoms with Crippen LogP contribution in [0.3, 0.4) is 0 Å². The molecule has 0 aliphatic carbocycles. The fourth-order valence-electron chi connectivity index (χ4n) is 2.36. The Kier molecular flexibility index (Phi) is 4.93. The van der Waals surface area contributed by atoms with Crippen molar-refractivity contribution < 1.29 is 4.74 Å². The lowest BCUT2D eigenvalue weighted by atomic mass is 10.1. The van der Waals surface area contributed by atoms with Crippen LogP contribution in [0.25, 0.3) is 11.3 Å². The van der Waals surface area contributed by atoms with Gasteiger partial charge < -0.3 is 10.5 Å². The summed E-state index contributed by atoms with van der Waals surface area (Å²) in [6.45, 7) is 2.77. The summed E-state index contributed by atoms with van der Waals surface area (Å²) in [5.74, 6) is 0.764. The van der Waals surface area contributed by atoms with Crippen molar-refractivity contribution in [2.45, 2.75) is 19.8 Å². The third-order valence-corrected chi connectivity index (χ3v) is 4.36. The van der Waals surface area contributed by atoms with E-state index in [1.165, 1.54) is 0 Å². The van der Waals surface area contributed by atoms with Crippen molar-refractivity contribution in [1.82, 2.24) is 4.98 Å². The number of nitrogens with two attached hydrogens (primary N) is 1. The Morgan fingerprint density at radius 2 is 1.96 bits per heavy atom. The fourth-order valence-corrected chi connectivity index (χ4v) is 3.20. The van der Waals surface area contributed by atoms with Gasteiger partial charge in [0.05, 0.1) is 23.0 Å². The van der Waals surface area contributed by atoms with Gasteiger partial charge in [-0.3, -0.25) is 0 Å². The van der Waals surface area contributed by atoms with E-state index in [-0.39, 0.29) is 0 Å². The van der Waals surface area contributed by atoms with Gasteiger partial charge in [0.25, 0.3) is 0 Å². The van der Waals surface area contributed by atoms with Gasteiger partial charge in [-0.05, 0) is 24.1 Å². The van der Waals surface area contributed by atoms with Crippen LogP contribution in [0.5, 0.6) is 5.75 Å². The molecule has 0 fully saturated rings. The molecule has 0 unspecified atom stereocenters. The Morgan fingerprint density at radius 1 is 1.13 bits per heavy atom. The Hall–Kier alpha value is -2.33. The van der Waals surface area contributed by atoms with E-state index in [0.29, 0.717) is 12.3 Å². The zero-order chi connectivity index (χ0) is 16.1. The third-order valence-electron chi connectivity index (χ3n) is 3.51. The zero-order valence-corrected chi connectivity index (χ0v) is 14.0. The number of nitrogens with zero attached hydrogens (tertiary/aromatic N) is 1. The molecule has 0 saturated heterocycles. The molecule has 0 bridgehead atoms. The quantitative estimate of drug-likeness (QED) is 0.664. The van der Waals surface area contributed by atoms with Crippen LogP contribution >= 0.6 is 11.3 Å². The third kappa shape index (κ3) is 3.90. The second kappa shape index (κ2) is 7.29. The van der Waals surface area contributed by atoms with Gasteiger partial charge in [0.2, 0.25) is 0 Å². The number of hydrogen-bond acceptors (Lipinski definition) is 4. The lowest BCUT2D eigenvalue weighted by Gasteiger charge is -2.09. The Morgan fingerprint density at radius 3 is 2.70 bits per heavy atom. The molecule has 0 atom stereocenters. The molecule has 4 heteroatoms. The molecule has 23 heavy (non-hydrogen) atoms. The Labute approximate surface area is 140 Å². The predicted octanol–water partition coefficient (Wildman–Crippen LogP) is 4.77. The van der Waals surface area contributed by atoms with Crippen molar-refractivity contribution in [3.05, 3.63) is 64.5 Å². The smallest absolute Gasteiger partial charge is 0.142 e. The fraction of sp³-hybridized carbons (Fsp3) is 0.211. The SMILES string of the molecule is CCCOc1ccc(Cc2nc(-c3ccccc3)cs2)cc1N. The first-order valence-electron chi connectivity index (χ1n) is 7.77. The Balaban J connectivity index is 1.73. The lowest BCUT2D eigenvalue weighted by Crippen LogP contribution is -2.00. The topological polar surface area (TPSA) is 48.1 Å². The number of aromatic nitrogens is 1. The van der Waals surface area contributed by atoms with E-state index in [1.807, 2.05) is 30.3 Å². The van der Waals surface area contributed by atoms with Crippen LogP contribution in [0, 0.1) is 0 Å². The lowest BCUT2D eigenvalue weighted by molar-refractivity contribution is 0.319. The van der Waals surface area contributed by atoms with Crippen LogP contribution in [-0.2, 0) is 6.42 Å². The molecule has 0 aliphatic heterocycles. The van der Waals surface area contributed by atoms with Crippen molar-refractivity contribution in [3.63, 3.8) is 0 Å². The molecule has 0 saturated carbocycles. The summed E-state index contributed by atoms with van der Waals surface area (Å²) in [6.07, 6.45) is 1.76. The minimum absolute atomic E-state index is 0.691. The highest BCUT2D eigenvalue weighted by atomic mass is 32.1. The predicted molar refractivity (Wildman–Crippen MR) is 97.0 cm³/mol. The highest BCUT2D eigenvalue weighted by Crippen LogP contribution is 2.26. The summed E-state index contributed by atoms with van der Waals surface area (Å²) in [6, 6.07) is 16.2. The standard InChI is InChI=1S/C19H20N2OS/c1-2-10-22-18-9-8-14(11-16(18)20)12-19-21-17(13-23-19)15-6-4-3-5-7-15/h3-9,11,13H,2,10,12,20H2,1H3. The van der Waals surface area contributed by atoms with Gasteiger partial charge in [0.1, 0.15) is 5.75 Å². The molecule has 2 aromatic carbocycles. The number of benzene rings is 2. The van der Waals surface area contributed by atoms with E-state index in [4.69, 9.17) is 15.5 Å². The maximum absolute atomic E-state index is 6.07. The summed E-state index contributed by atoms with van der Waals surface area (Å²) in [5.41, 5.74) is 10.1. The van der Waals surface area contributed by atoms with Gasteiger partial charge in [0, 0.05) is 17.4 Å². The normalized spacial score (nSPS) is 10.7. The molecular weight excluding hydrogens is 304 g/mol. The van der Waals surface area contributed by atoms with E-state index in [1.54, 1.807) is 11.3 Å². The van der Waals surface area contributed by atoms with E-state index in [0.717, 1.165) is 40.4 Å². The molecule has 1 heterocycles. The van der Waals surface area contributed by atoms with Crippen LogP contribution in [-0.4, -0.2) is 11.6 Å². The van der Waals surface area contributed by atoms with Crippen molar-refractivity contribution in [2.24, 2.45) is 0 Å². The van der Waals surface area contributed by atoms with Crippen LogP contribution in [0.1, 0.15) is 23.9 Å². The average Bonchev–Trinajstić information content (AvgIpc) is 3.03. The van der Waals surface area contributed by atoms with Gasteiger partial charge in [-0.2, -0.15) is 0 Å². The summed E-state index contributed by atoms with van der Waals surface area (Å²) < 4.78 is 5.62. The number of thiazole rings is 1. The Bertz CT molecular complexity index is 768. The minimum Gasteiger partial charge on any atom is -0.491 e. The highest BCUT2D eigenvalue weighted by Gasteiger charge is 2.07. The first-order valence-corrected chi connectivity index (χ1v) is 8.65. The number of hydrogen-bond donors (Lipinski definition) is 1. The molecule has 0 spiro atoms. The van der Waals surface area contributed by atoms with Crippen LogP contribution < -0.4 is 10.5 Å². The second-order valence-corrected chi connectivity index (χ2v) is 6.33. The molecule has 1 aromatic heterocycles. The molecule has 2 N–H and O–H groups in total. The number of ether oxygens (including phenoxy) is 1. The molecular formula is C19H20N2OS. The minimum atomic E-state index is 0.691. The molecule has 0 aliphatic rings. The van der Waals surface area contributed by atoms with Crippen molar-refractivity contribution in [3.8, 4) is 17.0 Å². The van der Waals surface area contributed by atoms with Gasteiger partial charge in [0.15, 0.2) is 0 Å². The summed E-state index contributed by atoms with van der Waals surface area (Å²) in [5, 5.41) is 3.19. The van der Waals surface area contributed by atoms with Crippen molar-refractivity contribution >= 4 is 17.0 Å². The first-order chi connectivity index (χ1) is 11.3. The molecule has 3 nitrogen and oxygen atoms in total. The van der Waals surface area contributed by atoms with Crippen LogP contribution in [0.15, 0.2) is 53.9 Å². The van der Waals surface area contributed by atoms with E-state index < -0.39 is 0 Å². The molecule has 0 radical (unpaired) electrons. The van der Waals surface area contributed by atoms with Gasteiger partial charge in [-0.1, -0.05) is 43.3 Å². The van der Waals surface area contributed by atoms with E-state index >= 15 is 0 Å². The zero-order valence-electron chi connectivity index (χ0n) is 13.2. The van der Waals surface area contributed by atoms with Gasteiger partial charge in [-0.15, -0.1) is 11.3 Å². The molecule has 3 aromatic rings. The monoisotopic (exact) mass is 324 g/mol. The maximum Gasteiger partial charge on any atom is 0.142 e. The molecule has 3 rings (SSSR count). The summed E-state index contributed by atoms with van der Waals surface area (Å²) in [7, 11) is 0. The van der Waals surface area contributed by atoms with Crippen LogP contribution in [0.2, 0.25) is 0 Å². The largest absolute Gasteiger partial charge is 0.491 e. The number of rotatable bonds is 6. The summed E-state index contributed by atoms with van der Waals surface area (Å²) in [4.78, 5) is 4.72. The van der Waals surface area contributed by atoms with Crippen molar-refractivity contribution in [1.29, 1.82) is 0 Å². The van der Waals surface area contributed by atoms with Gasteiger partial charge in [-0.25, -0.2) is 4.98 Å².